The van der Waals surface area contributed by atoms with Crippen molar-refractivity contribution in [3.05, 3.63) is 59.3 Å². The van der Waals surface area contributed by atoms with Crippen LogP contribution in [0.5, 0.6) is 0 Å². The van der Waals surface area contributed by atoms with E-state index in [1.54, 1.807) is 29.2 Å². The van der Waals surface area contributed by atoms with Gasteiger partial charge in [0.1, 0.15) is 17.2 Å². The summed E-state index contributed by atoms with van der Waals surface area (Å²) in [5.74, 6) is -1.14. The van der Waals surface area contributed by atoms with Gasteiger partial charge in [0.05, 0.1) is 17.4 Å². The third-order valence-electron chi connectivity index (χ3n) is 4.92. The predicted octanol–water partition coefficient (Wildman–Crippen LogP) is 2.41. The minimum atomic E-state index is -0.617. The first-order valence-corrected chi connectivity index (χ1v) is 9.00. The summed E-state index contributed by atoms with van der Waals surface area (Å²) in [6.45, 7) is 0.583. The van der Waals surface area contributed by atoms with E-state index < -0.39 is 5.91 Å². The fourth-order valence-electron chi connectivity index (χ4n) is 3.49. The van der Waals surface area contributed by atoms with Crippen LogP contribution in [0.3, 0.4) is 0 Å². The topological polar surface area (TPSA) is 121 Å². The van der Waals surface area contributed by atoms with Crippen molar-refractivity contribution in [2.75, 3.05) is 6.54 Å². The Hall–Kier alpha value is -3.49. The summed E-state index contributed by atoms with van der Waals surface area (Å²) in [6, 6.07) is 8.94. The number of H-pyrrole nitrogens is 2. The van der Waals surface area contributed by atoms with Gasteiger partial charge in [0.2, 0.25) is 0 Å². The molecular formula is C19H19FN6O2. The maximum Gasteiger partial charge on any atom is 0.272 e. The Morgan fingerprint density at radius 3 is 2.61 bits per heavy atom. The molecule has 3 heterocycles. The lowest BCUT2D eigenvalue weighted by molar-refractivity contribution is 0.0600. The van der Waals surface area contributed by atoms with Crippen LogP contribution in [0.2, 0.25) is 0 Å². The highest BCUT2D eigenvalue weighted by Crippen LogP contribution is 2.31. The van der Waals surface area contributed by atoms with Crippen LogP contribution < -0.4 is 5.73 Å². The van der Waals surface area contributed by atoms with E-state index in [1.165, 1.54) is 12.1 Å². The summed E-state index contributed by atoms with van der Waals surface area (Å²) >= 11 is 0. The number of halogens is 1. The molecule has 2 amide bonds. The van der Waals surface area contributed by atoms with Crippen molar-refractivity contribution in [1.29, 1.82) is 0 Å². The molecule has 0 bridgehead atoms. The van der Waals surface area contributed by atoms with Crippen LogP contribution in [-0.2, 0) is 0 Å². The second-order valence-corrected chi connectivity index (χ2v) is 6.76. The number of nitrogens with zero attached hydrogens (tertiary/aromatic N) is 3. The fraction of sp³-hybridized carbons (Fsp3) is 0.263. The van der Waals surface area contributed by atoms with Gasteiger partial charge in [0.25, 0.3) is 11.8 Å². The predicted molar refractivity (Wildman–Crippen MR) is 98.7 cm³/mol. The molecule has 0 spiro atoms. The first-order valence-electron chi connectivity index (χ1n) is 9.00. The zero-order valence-electron chi connectivity index (χ0n) is 15.0. The lowest BCUT2D eigenvalue weighted by Crippen LogP contribution is -2.38. The molecule has 3 aromatic rings. The molecule has 9 heteroatoms. The Labute approximate surface area is 159 Å². The molecule has 4 N–H and O–H groups in total. The van der Waals surface area contributed by atoms with E-state index in [1.807, 2.05) is 0 Å². The van der Waals surface area contributed by atoms with Crippen LogP contribution in [0.4, 0.5) is 4.39 Å². The van der Waals surface area contributed by atoms with Gasteiger partial charge in [0.15, 0.2) is 0 Å². The van der Waals surface area contributed by atoms with E-state index >= 15 is 0 Å². The van der Waals surface area contributed by atoms with Crippen LogP contribution >= 0.6 is 0 Å². The van der Waals surface area contributed by atoms with Gasteiger partial charge in [-0.05, 0) is 55.7 Å². The molecule has 1 aliphatic heterocycles. The number of carbonyl (C=O) groups is 2. The fourth-order valence-corrected chi connectivity index (χ4v) is 3.49. The number of benzene rings is 1. The first kappa shape index (κ1) is 17.9. The summed E-state index contributed by atoms with van der Waals surface area (Å²) in [5.41, 5.74) is 7.72. The van der Waals surface area contributed by atoms with Crippen molar-refractivity contribution < 1.29 is 14.0 Å². The number of hydrogen-bond donors (Lipinski definition) is 3. The van der Waals surface area contributed by atoms with Crippen molar-refractivity contribution in [3.63, 3.8) is 0 Å². The quantitative estimate of drug-likeness (QED) is 0.641. The average molecular weight is 382 g/mol. The van der Waals surface area contributed by atoms with Crippen LogP contribution in [-0.4, -0.2) is 43.7 Å². The second-order valence-electron chi connectivity index (χ2n) is 6.76. The molecular weight excluding hydrogens is 363 g/mol. The van der Waals surface area contributed by atoms with E-state index in [0.717, 1.165) is 19.3 Å². The summed E-state index contributed by atoms with van der Waals surface area (Å²) in [6.07, 6.45) is 2.60. The average Bonchev–Trinajstić information content (AvgIpc) is 3.38. The number of nitrogens with two attached hydrogens (primary N) is 1. The number of aromatic amines is 2. The van der Waals surface area contributed by atoms with Gasteiger partial charge in [-0.25, -0.2) is 4.39 Å². The van der Waals surface area contributed by atoms with Crippen molar-refractivity contribution in [3.8, 4) is 11.3 Å². The van der Waals surface area contributed by atoms with Crippen LogP contribution in [0.1, 0.15) is 52.0 Å². The highest BCUT2D eigenvalue weighted by molar-refractivity contribution is 5.94. The Morgan fingerprint density at radius 1 is 1.11 bits per heavy atom. The smallest absolute Gasteiger partial charge is 0.272 e. The Balaban J connectivity index is 1.58. The van der Waals surface area contributed by atoms with Gasteiger partial charge in [-0.1, -0.05) is 0 Å². The number of rotatable bonds is 4. The molecule has 0 unspecified atom stereocenters. The molecule has 28 heavy (non-hydrogen) atoms. The molecule has 1 saturated heterocycles. The summed E-state index contributed by atoms with van der Waals surface area (Å²) in [5, 5.41) is 13.7. The minimum absolute atomic E-state index is 0.146. The largest absolute Gasteiger partial charge is 0.364 e. The molecule has 1 fully saturated rings. The molecule has 1 aliphatic rings. The van der Waals surface area contributed by atoms with Gasteiger partial charge in [0, 0.05) is 12.1 Å². The summed E-state index contributed by atoms with van der Waals surface area (Å²) in [7, 11) is 0. The third-order valence-corrected chi connectivity index (χ3v) is 4.92. The van der Waals surface area contributed by atoms with Gasteiger partial charge in [-0.2, -0.15) is 10.2 Å². The third kappa shape index (κ3) is 3.38. The molecule has 144 valence electrons. The molecule has 1 aromatic carbocycles. The molecule has 8 nitrogen and oxygen atoms in total. The number of primary amides is 1. The zero-order valence-corrected chi connectivity index (χ0v) is 15.0. The molecule has 1 atom stereocenters. The van der Waals surface area contributed by atoms with Gasteiger partial charge < -0.3 is 10.6 Å². The molecule has 0 aliphatic carbocycles. The van der Waals surface area contributed by atoms with E-state index in [2.05, 4.69) is 20.4 Å². The van der Waals surface area contributed by atoms with E-state index in [0.29, 0.717) is 29.2 Å². The van der Waals surface area contributed by atoms with Gasteiger partial charge >= 0.3 is 0 Å². The molecule has 2 aromatic heterocycles. The number of likely N-dealkylation sites (tertiary alicyclic amines) is 1. The molecule has 4 rings (SSSR count). The number of hydrogen-bond acceptors (Lipinski definition) is 4. The standard InChI is InChI=1S/C19H19FN6O2/c20-12-6-4-11(5-7-12)13-9-16(25-22-13)19(28)26-8-2-1-3-17(26)14-10-15(18(21)27)24-23-14/h4-7,9-10,17H,1-3,8H2,(H2,21,27)(H,22,25)(H,23,24)/t17-/m0/s1. The maximum absolute atomic E-state index is 13.1. The van der Waals surface area contributed by atoms with E-state index in [4.69, 9.17) is 5.73 Å². The molecule has 0 radical (unpaired) electrons. The molecule has 0 saturated carbocycles. The number of carbonyl (C=O) groups excluding carboxylic acids is 2. The monoisotopic (exact) mass is 382 g/mol. The van der Waals surface area contributed by atoms with Crippen LogP contribution in [0, 0.1) is 5.82 Å². The van der Waals surface area contributed by atoms with Gasteiger partial charge in [-0.3, -0.25) is 19.8 Å². The highest BCUT2D eigenvalue weighted by Gasteiger charge is 2.31. The lowest BCUT2D eigenvalue weighted by Gasteiger charge is -2.34. The Bertz CT molecular complexity index is 1010. The lowest BCUT2D eigenvalue weighted by atomic mass is 9.98. The SMILES string of the molecule is NC(=O)c1cc([C@@H]2CCCCN2C(=O)c2cc(-c3ccc(F)cc3)n[nH]2)[nH]n1. The Morgan fingerprint density at radius 2 is 1.89 bits per heavy atom. The minimum Gasteiger partial charge on any atom is -0.364 e. The number of amides is 2. The van der Waals surface area contributed by atoms with Gasteiger partial charge in [-0.15, -0.1) is 0 Å². The normalized spacial score (nSPS) is 16.9. The second kappa shape index (κ2) is 7.26. The maximum atomic E-state index is 13.1. The van der Waals surface area contributed by atoms with Crippen molar-refractivity contribution in [2.24, 2.45) is 5.73 Å². The summed E-state index contributed by atoms with van der Waals surface area (Å²) < 4.78 is 13.1. The Kier molecular flexibility index (Phi) is 4.64. The van der Waals surface area contributed by atoms with E-state index in [9.17, 15) is 14.0 Å². The number of piperidine rings is 1. The van der Waals surface area contributed by atoms with Crippen molar-refractivity contribution in [1.82, 2.24) is 25.3 Å². The van der Waals surface area contributed by atoms with Crippen molar-refractivity contribution in [2.45, 2.75) is 25.3 Å². The number of nitrogens with one attached hydrogen (secondary N) is 2. The van der Waals surface area contributed by atoms with E-state index in [-0.39, 0.29) is 23.5 Å². The van der Waals surface area contributed by atoms with Crippen molar-refractivity contribution >= 4 is 11.8 Å². The zero-order chi connectivity index (χ0) is 19.7. The van der Waals surface area contributed by atoms with Crippen LogP contribution in [0.25, 0.3) is 11.3 Å². The first-order chi connectivity index (χ1) is 13.5. The highest BCUT2D eigenvalue weighted by atomic mass is 19.1. The summed E-state index contributed by atoms with van der Waals surface area (Å²) in [4.78, 5) is 26.1. The number of aromatic nitrogens is 4. The van der Waals surface area contributed by atoms with Crippen LogP contribution in [0.15, 0.2) is 36.4 Å².